The van der Waals surface area contributed by atoms with Crippen molar-refractivity contribution < 1.29 is 28.2 Å². The summed E-state index contributed by atoms with van der Waals surface area (Å²) in [7, 11) is 1.47. The number of nitrogens with zero attached hydrogens (tertiary/aromatic N) is 4. The van der Waals surface area contributed by atoms with Gasteiger partial charge in [0, 0.05) is 23.4 Å². The Morgan fingerprint density at radius 3 is 2.83 bits per heavy atom. The van der Waals surface area contributed by atoms with Crippen molar-refractivity contribution in [2.45, 2.75) is 33.0 Å². The highest BCUT2D eigenvalue weighted by atomic mass is 19.1. The summed E-state index contributed by atoms with van der Waals surface area (Å²) < 4.78 is 32.5. The molecule has 10 heteroatoms. The Morgan fingerprint density at radius 1 is 1.23 bits per heavy atom. The molecule has 0 radical (unpaired) electrons. The Balaban J connectivity index is 1.66. The van der Waals surface area contributed by atoms with Gasteiger partial charge in [0.2, 0.25) is 0 Å². The van der Waals surface area contributed by atoms with Crippen LogP contribution < -0.4 is 9.47 Å². The quantitative estimate of drug-likeness (QED) is 0.605. The number of cyclic esters (lactones) is 1. The predicted octanol–water partition coefficient (Wildman–Crippen LogP) is 2.45. The summed E-state index contributed by atoms with van der Waals surface area (Å²) in [6, 6.07) is 4.26. The van der Waals surface area contributed by atoms with Crippen LogP contribution in [0.2, 0.25) is 0 Å². The Bertz CT molecular complexity index is 1120. The lowest BCUT2D eigenvalue weighted by Crippen LogP contribution is -2.19. The van der Waals surface area contributed by atoms with Crippen LogP contribution in [0.25, 0.3) is 11.1 Å². The monoisotopic (exact) mass is 414 g/mol. The maximum Gasteiger partial charge on any atom is 0.311 e. The first-order valence-electron chi connectivity index (χ1n) is 9.23. The summed E-state index contributed by atoms with van der Waals surface area (Å²) in [5, 5.41) is 8.66. The molecule has 3 aromatic rings. The fraction of sp³-hybridized carbons (Fsp3) is 0.300. The molecule has 0 unspecified atom stereocenters. The molecule has 0 aliphatic carbocycles. The van der Waals surface area contributed by atoms with E-state index >= 15 is 0 Å². The van der Waals surface area contributed by atoms with E-state index < -0.39 is 17.8 Å². The van der Waals surface area contributed by atoms with E-state index in [0.29, 0.717) is 28.5 Å². The number of halogens is 1. The molecular formula is C20H19FN4O5. The zero-order chi connectivity index (χ0) is 21.3. The lowest BCUT2D eigenvalue weighted by molar-refractivity contribution is -0.150. The molecule has 0 N–H and O–H groups in total. The van der Waals surface area contributed by atoms with Gasteiger partial charge in [0.05, 0.1) is 32.7 Å². The molecule has 9 nitrogen and oxygen atoms in total. The average molecular weight is 414 g/mol. The first kappa shape index (κ1) is 19.6. The third-order valence-electron chi connectivity index (χ3n) is 4.69. The van der Waals surface area contributed by atoms with Crippen molar-refractivity contribution in [3.63, 3.8) is 0 Å². The van der Waals surface area contributed by atoms with E-state index in [4.69, 9.17) is 14.2 Å². The van der Waals surface area contributed by atoms with Crippen molar-refractivity contribution in [3.8, 4) is 22.6 Å². The smallest absolute Gasteiger partial charge is 0.311 e. The van der Waals surface area contributed by atoms with Gasteiger partial charge in [-0.05, 0) is 19.1 Å². The lowest BCUT2D eigenvalue weighted by atomic mass is 10.1. The number of aromatic nitrogens is 4. The summed E-state index contributed by atoms with van der Waals surface area (Å²) >= 11 is 0. The molecular weight excluding hydrogens is 395 g/mol. The van der Waals surface area contributed by atoms with Crippen molar-refractivity contribution >= 4 is 11.9 Å². The summed E-state index contributed by atoms with van der Waals surface area (Å²) in [5.74, 6) is -0.715. The summed E-state index contributed by atoms with van der Waals surface area (Å²) in [5.41, 5.74) is 2.45. The minimum Gasteiger partial charge on any atom is -0.496 e. The van der Waals surface area contributed by atoms with Crippen LogP contribution in [-0.4, -0.2) is 38.6 Å². The zero-order valence-corrected chi connectivity index (χ0v) is 16.4. The number of benzene rings is 1. The third kappa shape index (κ3) is 3.88. The van der Waals surface area contributed by atoms with Crippen LogP contribution in [0, 0.1) is 12.7 Å². The van der Waals surface area contributed by atoms with Gasteiger partial charge < -0.3 is 14.2 Å². The first-order valence-corrected chi connectivity index (χ1v) is 9.23. The summed E-state index contributed by atoms with van der Waals surface area (Å²) in [6.45, 7) is 1.83. The van der Waals surface area contributed by atoms with Gasteiger partial charge in [0.1, 0.15) is 23.0 Å². The predicted molar refractivity (Wildman–Crippen MR) is 101 cm³/mol. The topological polar surface area (TPSA) is 97.5 Å². The largest absolute Gasteiger partial charge is 0.496 e. The van der Waals surface area contributed by atoms with Crippen molar-refractivity contribution in [3.05, 3.63) is 47.8 Å². The van der Waals surface area contributed by atoms with Gasteiger partial charge in [-0.3, -0.25) is 14.3 Å². The minimum atomic E-state index is -0.532. The van der Waals surface area contributed by atoms with E-state index in [-0.39, 0.29) is 26.1 Å². The van der Waals surface area contributed by atoms with Crippen molar-refractivity contribution in [1.82, 2.24) is 19.6 Å². The highest BCUT2D eigenvalue weighted by Gasteiger charge is 2.23. The average Bonchev–Trinajstić information content (AvgIpc) is 3.29. The van der Waals surface area contributed by atoms with Gasteiger partial charge in [0.15, 0.2) is 12.5 Å². The molecule has 0 atom stereocenters. The van der Waals surface area contributed by atoms with E-state index in [1.54, 1.807) is 30.1 Å². The van der Waals surface area contributed by atoms with Gasteiger partial charge in [-0.1, -0.05) is 0 Å². The van der Waals surface area contributed by atoms with Gasteiger partial charge in [-0.25, -0.2) is 9.07 Å². The third-order valence-corrected chi connectivity index (χ3v) is 4.69. The molecule has 1 aliphatic rings. The van der Waals surface area contributed by atoms with E-state index in [1.807, 2.05) is 0 Å². The van der Waals surface area contributed by atoms with Crippen LogP contribution in [0.5, 0.6) is 11.5 Å². The van der Waals surface area contributed by atoms with Crippen LogP contribution in [-0.2, 0) is 27.6 Å². The Morgan fingerprint density at radius 2 is 2.03 bits per heavy atom. The molecule has 0 fully saturated rings. The molecule has 4 rings (SSSR count). The second kappa shape index (κ2) is 7.97. The fourth-order valence-corrected chi connectivity index (χ4v) is 3.23. The molecule has 2 bridgehead atoms. The van der Waals surface area contributed by atoms with Gasteiger partial charge in [-0.15, -0.1) is 0 Å². The van der Waals surface area contributed by atoms with Gasteiger partial charge >= 0.3 is 11.9 Å². The van der Waals surface area contributed by atoms with Crippen LogP contribution >= 0.6 is 0 Å². The van der Waals surface area contributed by atoms with Crippen molar-refractivity contribution in [1.29, 1.82) is 0 Å². The summed E-state index contributed by atoms with van der Waals surface area (Å²) in [6.07, 6.45) is 3.26. The minimum absolute atomic E-state index is 0.0453. The second-order valence-corrected chi connectivity index (χ2v) is 6.75. The normalized spacial score (nSPS) is 14.2. The number of rotatable bonds is 4. The standard InChI is InChI=1S/C20H19FN4O5/c1-12-20-16(25(23-12)11-29-18(26)5-6-19(27)30-20)10-24-9-13(8-22-24)15-4-3-14(21)7-17(15)28-2/h3-4,7-9H,5-6,10-11H2,1-2H3. The molecule has 3 heterocycles. The number of carbonyl (C=O) groups excluding carboxylic acids is 2. The van der Waals surface area contributed by atoms with E-state index in [1.165, 1.54) is 23.9 Å². The molecule has 30 heavy (non-hydrogen) atoms. The number of methoxy groups -OCH3 is 1. The molecule has 156 valence electrons. The van der Waals surface area contributed by atoms with E-state index in [9.17, 15) is 14.0 Å². The van der Waals surface area contributed by atoms with Crippen LogP contribution in [0.15, 0.2) is 30.6 Å². The SMILES string of the molecule is COc1cc(F)ccc1-c1cnn(Cc2c3c(C)nn2COC(=O)CCC(=O)O3)c1. The Hall–Kier alpha value is -3.69. The molecule has 2 aromatic heterocycles. The molecule has 1 aliphatic heterocycles. The fourth-order valence-electron chi connectivity index (χ4n) is 3.23. The van der Waals surface area contributed by atoms with E-state index in [2.05, 4.69) is 10.2 Å². The molecule has 0 saturated carbocycles. The number of hydrogen-bond acceptors (Lipinski definition) is 7. The number of aryl methyl sites for hydroxylation is 1. The highest BCUT2D eigenvalue weighted by molar-refractivity contribution is 5.79. The summed E-state index contributed by atoms with van der Waals surface area (Å²) in [4.78, 5) is 23.8. The maximum atomic E-state index is 13.5. The Labute approximate surface area is 171 Å². The number of ether oxygens (including phenoxy) is 3. The number of fused-ring (bicyclic) bond motifs is 2. The highest BCUT2D eigenvalue weighted by Crippen LogP contribution is 2.31. The van der Waals surface area contributed by atoms with Crippen LogP contribution in [0.1, 0.15) is 24.2 Å². The van der Waals surface area contributed by atoms with Gasteiger partial charge in [-0.2, -0.15) is 10.2 Å². The number of hydrogen-bond donors (Lipinski definition) is 0. The van der Waals surface area contributed by atoms with Gasteiger partial charge in [0.25, 0.3) is 0 Å². The Kier molecular flexibility index (Phi) is 5.21. The first-order chi connectivity index (χ1) is 14.4. The van der Waals surface area contributed by atoms with Crippen LogP contribution in [0.4, 0.5) is 4.39 Å². The molecule has 0 amide bonds. The van der Waals surface area contributed by atoms with Crippen LogP contribution in [0.3, 0.4) is 0 Å². The lowest BCUT2D eigenvalue weighted by Gasteiger charge is -2.12. The second-order valence-electron chi connectivity index (χ2n) is 6.75. The molecule has 0 spiro atoms. The molecule has 1 aromatic carbocycles. The maximum absolute atomic E-state index is 13.5. The zero-order valence-electron chi connectivity index (χ0n) is 16.4. The van der Waals surface area contributed by atoms with E-state index in [0.717, 1.165) is 5.56 Å². The molecule has 0 saturated heterocycles. The number of carbonyl (C=O) groups is 2. The van der Waals surface area contributed by atoms with Crippen molar-refractivity contribution in [2.24, 2.45) is 0 Å². The van der Waals surface area contributed by atoms with Crippen molar-refractivity contribution in [2.75, 3.05) is 7.11 Å². The number of esters is 2.